The van der Waals surface area contributed by atoms with Crippen molar-refractivity contribution in [1.82, 2.24) is 10.2 Å². The molecule has 2 heterocycles. The van der Waals surface area contributed by atoms with Crippen molar-refractivity contribution in [3.05, 3.63) is 53.7 Å². The molecule has 0 unspecified atom stereocenters. The maximum Gasteiger partial charge on any atom is 0.256 e. The quantitative estimate of drug-likeness (QED) is 0.713. The Kier molecular flexibility index (Phi) is 2.72. The van der Waals surface area contributed by atoms with Crippen LogP contribution in [0.1, 0.15) is 11.1 Å². The molecule has 108 valence electrons. The van der Waals surface area contributed by atoms with Gasteiger partial charge in [0.1, 0.15) is 5.75 Å². The fourth-order valence-corrected chi connectivity index (χ4v) is 2.65. The molecule has 2 aromatic carbocycles. The third-order valence-corrected chi connectivity index (χ3v) is 3.79. The molecule has 2 N–H and O–H groups in total. The highest BCUT2D eigenvalue weighted by Crippen LogP contribution is 2.35. The predicted octanol–water partition coefficient (Wildman–Crippen LogP) is 3.06. The molecule has 0 saturated heterocycles. The molecule has 22 heavy (non-hydrogen) atoms. The van der Waals surface area contributed by atoms with Crippen molar-refractivity contribution in [3.63, 3.8) is 0 Å². The highest BCUT2D eigenvalue weighted by Gasteiger charge is 2.24. The topological polar surface area (TPSA) is 67.0 Å². The molecule has 0 atom stereocenters. The molecule has 0 bridgehead atoms. The minimum Gasteiger partial charge on any atom is -0.497 e. The molecule has 1 aliphatic rings. The van der Waals surface area contributed by atoms with E-state index in [1.165, 1.54) is 0 Å². The lowest BCUT2D eigenvalue weighted by atomic mass is 10.0. The van der Waals surface area contributed by atoms with Gasteiger partial charge in [0.25, 0.3) is 5.91 Å². The first-order valence-electron chi connectivity index (χ1n) is 6.89. The summed E-state index contributed by atoms with van der Waals surface area (Å²) < 4.78 is 5.24. The number of methoxy groups -OCH3 is 1. The van der Waals surface area contributed by atoms with Crippen LogP contribution in [-0.4, -0.2) is 23.2 Å². The summed E-state index contributed by atoms with van der Waals surface area (Å²) in [5.41, 5.74) is 4.18. The summed E-state index contributed by atoms with van der Waals surface area (Å²) in [5, 5.41) is 10.8. The van der Waals surface area contributed by atoms with E-state index in [1.54, 1.807) is 13.3 Å². The monoisotopic (exact) mass is 291 g/mol. The Morgan fingerprint density at radius 2 is 2.09 bits per heavy atom. The fourth-order valence-electron chi connectivity index (χ4n) is 2.65. The summed E-state index contributed by atoms with van der Waals surface area (Å²) in [6.07, 6.45) is 3.65. The molecule has 1 aromatic heterocycles. The van der Waals surface area contributed by atoms with Crippen LogP contribution in [-0.2, 0) is 4.79 Å². The third kappa shape index (κ3) is 1.95. The molecule has 5 heteroatoms. The van der Waals surface area contributed by atoms with Gasteiger partial charge in [-0.05, 0) is 35.9 Å². The number of anilines is 1. The van der Waals surface area contributed by atoms with Gasteiger partial charge in [0.05, 0.1) is 18.8 Å². The highest BCUT2D eigenvalue weighted by atomic mass is 16.5. The summed E-state index contributed by atoms with van der Waals surface area (Å²) >= 11 is 0. The van der Waals surface area contributed by atoms with Gasteiger partial charge in [-0.3, -0.25) is 9.89 Å². The van der Waals surface area contributed by atoms with Crippen LogP contribution in [0.2, 0.25) is 0 Å². The number of carbonyl (C=O) groups excluding carboxylic acids is 1. The number of nitrogens with one attached hydrogen (secondary N) is 2. The van der Waals surface area contributed by atoms with Crippen LogP contribution < -0.4 is 10.1 Å². The van der Waals surface area contributed by atoms with Crippen LogP contribution in [0.15, 0.2) is 42.6 Å². The maximum atomic E-state index is 12.2. The number of rotatable bonds is 2. The largest absolute Gasteiger partial charge is 0.497 e. The number of H-pyrrole nitrogens is 1. The van der Waals surface area contributed by atoms with Crippen molar-refractivity contribution in [2.75, 3.05) is 12.4 Å². The molecule has 4 rings (SSSR count). The van der Waals surface area contributed by atoms with E-state index in [0.717, 1.165) is 33.5 Å². The molecule has 0 fully saturated rings. The van der Waals surface area contributed by atoms with Gasteiger partial charge in [-0.15, -0.1) is 0 Å². The Morgan fingerprint density at radius 3 is 2.95 bits per heavy atom. The van der Waals surface area contributed by atoms with E-state index in [2.05, 4.69) is 15.5 Å². The zero-order valence-electron chi connectivity index (χ0n) is 11.9. The lowest BCUT2D eigenvalue weighted by molar-refractivity contribution is -0.110. The zero-order valence-corrected chi connectivity index (χ0v) is 11.9. The number of fused-ring (bicyclic) bond motifs is 2. The molecule has 3 aromatic rings. The van der Waals surface area contributed by atoms with Gasteiger partial charge < -0.3 is 10.1 Å². The first-order valence-corrected chi connectivity index (χ1v) is 6.89. The van der Waals surface area contributed by atoms with Gasteiger partial charge >= 0.3 is 0 Å². The van der Waals surface area contributed by atoms with Gasteiger partial charge in [-0.25, -0.2) is 0 Å². The predicted molar refractivity (Wildman–Crippen MR) is 85.6 cm³/mol. The van der Waals surface area contributed by atoms with E-state index >= 15 is 0 Å². The van der Waals surface area contributed by atoms with Crippen LogP contribution >= 0.6 is 0 Å². The van der Waals surface area contributed by atoms with Crippen molar-refractivity contribution >= 4 is 34.1 Å². The Labute approximate surface area is 126 Å². The summed E-state index contributed by atoms with van der Waals surface area (Å²) in [7, 11) is 1.61. The maximum absolute atomic E-state index is 12.2. The first kappa shape index (κ1) is 12.6. The van der Waals surface area contributed by atoms with E-state index in [4.69, 9.17) is 4.74 Å². The van der Waals surface area contributed by atoms with Crippen molar-refractivity contribution in [1.29, 1.82) is 0 Å². The molecule has 0 spiro atoms. The molecule has 0 radical (unpaired) electrons. The Hall–Kier alpha value is -3.08. The van der Waals surface area contributed by atoms with E-state index in [9.17, 15) is 4.79 Å². The van der Waals surface area contributed by atoms with Crippen molar-refractivity contribution in [2.45, 2.75) is 0 Å². The smallest absolute Gasteiger partial charge is 0.256 e. The lowest BCUT2D eigenvalue weighted by Gasteiger charge is -2.03. The van der Waals surface area contributed by atoms with Crippen LogP contribution in [0, 0.1) is 0 Å². The van der Waals surface area contributed by atoms with Crippen LogP contribution in [0.4, 0.5) is 5.69 Å². The number of nitrogens with zero attached hydrogens (tertiary/aromatic N) is 1. The number of carbonyl (C=O) groups is 1. The molecule has 1 aliphatic heterocycles. The third-order valence-electron chi connectivity index (χ3n) is 3.79. The molecule has 0 saturated carbocycles. The van der Waals surface area contributed by atoms with Crippen LogP contribution in [0.25, 0.3) is 22.6 Å². The average Bonchev–Trinajstić information content (AvgIpc) is 3.11. The Balaban J connectivity index is 1.83. The normalized spacial score (nSPS) is 15.1. The SMILES string of the molecule is COc1ccc2c(c1)/C(=C/c1ccc3cn[nH]c3c1)C(=O)N2. The minimum absolute atomic E-state index is 0.104. The van der Waals surface area contributed by atoms with Gasteiger partial charge in [-0.1, -0.05) is 12.1 Å². The van der Waals surface area contributed by atoms with Crippen LogP contribution in [0.5, 0.6) is 5.75 Å². The van der Waals surface area contributed by atoms with E-state index in [-0.39, 0.29) is 5.91 Å². The van der Waals surface area contributed by atoms with Crippen LogP contribution in [0.3, 0.4) is 0 Å². The van der Waals surface area contributed by atoms with Gasteiger partial charge in [0, 0.05) is 22.2 Å². The highest BCUT2D eigenvalue weighted by molar-refractivity contribution is 6.35. The number of aromatic nitrogens is 2. The van der Waals surface area contributed by atoms with Crippen molar-refractivity contribution in [3.8, 4) is 5.75 Å². The van der Waals surface area contributed by atoms with Gasteiger partial charge in [0.2, 0.25) is 0 Å². The van der Waals surface area contributed by atoms with Crippen molar-refractivity contribution in [2.24, 2.45) is 0 Å². The number of hydrogen-bond donors (Lipinski definition) is 2. The molecule has 1 amide bonds. The molecular formula is C17H13N3O2. The summed E-state index contributed by atoms with van der Waals surface area (Å²) in [5.74, 6) is 0.623. The standard InChI is InChI=1S/C17H13N3O2/c1-22-12-4-5-15-13(8-12)14(17(21)19-15)6-10-2-3-11-9-18-20-16(11)7-10/h2-9H,1H3,(H,18,20)(H,19,21)/b14-6-. The van der Waals surface area contributed by atoms with E-state index < -0.39 is 0 Å². The Bertz CT molecular complexity index is 925. The fraction of sp³-hybridized carbons (Fsp3) is 0.0588. The summed E-state index contributed by atoms with van der Waals surface area (Å²) in [6.45, 7) is 0. The number of aromatic amines is 1. The number of benzene rings is 2. The Morgan fingerprint density at radius 1 is 1.18 bits per heavy atom. The number of hydrogen-bond acceptors (Lipinski definition) is 3. The second-order valence-electron chi connectivity index (χ2n) is 5.14. The minimum atomic E-state index is -0.104. The van der Waals surface area contributed by atoms with Gasteiger partial charge in [0.15, 0.2) is 0 Å². The first-order chi connectivity index (χ1) is 10.7. The molecule has 5 nitrogen and oxygen atoms in total. The zero-order chi connectivity index (χ0) is 15.1. The summed E-state index contributed by atoms with van der Waals surface area (Å²) in [4.78, 5) is 12.2. The van der Waals surface area contributed by atoms with Crippen molar-refractivity contribution < 1.29 is 9.53 Å². The number of amides is 1. The second-order valence-corrected chi connectivity index (χ2v) is 5.14. The van der Waals surface area contributed by atoms with Gasteiger partial charge in [-0.2, -0.15) is 5.10 Å². The second kappa shape index (κ2) is 4.73. The summed E-state index contributed by atoms with van der Waals surface area (Å²) in [6, 6.07) is 11.5. The van der Waals surface area contributed by atoms with E-state index in [1.807, 2.05) is 42.5 Å². The average molecular weight is 291 g/mol. The number of ether oxygens (including phenoxy) is 1. The molecule has 0 aliphatic carbocycles. The van der Waals surface area contributed by atoms with E-state index in [0.29, 0.717) is 5.57 Å². The lowest BCUT2D eigenvalue weighted by Crippen LogP contribution is -2.03. The molecular weight excluding hydrogens is 278 g/mol.